The van der Waals surface area contributed by atoms with Gasteiger partial charge in [-0.05, 0) is 69.5 Å². The number of hydrogen-bond acceptors (Lipinski definition) is 5. The highest BCUT2D eigenvalue weighted by Gasteiger charge is 2.47. The van der Waals surface area contributed by atoms with Gasteiger partial charge in [0.25, 0.3) is 5.91 Å². The van der Waals surface area contributed by atoms with Crippen LogP contribution in [-0.4, -0.2) is 31.0 Å². The molecule has 0 saturated heterocycles. The van der Waals surface area contributed by atoms with Crippen LogP contribution in [0.5, 0.6) is 5.75 Å². The highest BCUT2D eigenvalue weighted by atomic mass is 79.9. The Kier molecular flexibility index (Phi) is 7.96. The van der Waals surface area contributed by atoms with Crippen LogP contribution in [0.25, 0.3) is 10.6 Å². The van der Waals surface area contributed by atoms with Crippen LogP contribution < -0.4 is 4.74 Å². The number of hydrogen-bond donors (Lipinski definition) is 0. The maximum atomic E-state index is 13.8. The lowest BCUT2D eigenvalue weighted by atomic mass is 9.78. The summed E-state index contributed by atoms with van der Waals surface area (Å²) >= 11 is 6.96. The van der Waals surface area contributed by atoms with Crippen LogP contribution >= 0.6 is 31.9 Å². The molecule has 0 aromatic heterocycles. The van der Waals surface area contributed by atoms with Crippen molar-refractivity contribution >= 4 is 54.3 Å². The Balaban J connectivity index is 1.90. The molecule has 0 saturated carbocycles. The van der Waals surface area contributed by atoms with E-state index in [1.54, 1.807) is 67.9 Å². The van der Waals surface area contributed by atoms with Crippen LogP contribution in [0.3, 0.4) is 0 Å². The molecular weight excluding hydrogens is 600 g/mol. The molecule has 1 heterocycles. The normalized spacial score (nSPS) is 16.8. The van der Waals surface area contributed by atoms with Gasteiger partial charge in [-0.3, -0.25) is 9.69 Å². The molecule has 3 aromatic rings. The molecule has 0 bridgehead atoms. The van der Waals surface area contributed by atoms with Crippen LogP contribution in [0.4, 0.5) is 0 Å². The first-order valence-corrected chi connectivity index (χ1v) is 12.8. The summed E-state index contributed by atoms with van der Waals surface area (Å²) in [5, 5.41) is 10.7. The molecule has 186 valence electrons. The summed E-state index contributed by atoms with van der Waals surface area (Å²) in [5.74, 6) is -0.361. The van der Waals surface area contributed by atoms with Crippen LogP contribution in [0.15, 0.2) is 89.0 Å². The van der Waals surface area contributed by atoms with Gasteiger partial charge < -0.3 is 9.47 Å². The van der Waals surface area contributed by atoms with Crippen molar-refractivity contribution in [1.29, 1.82) is 5.26 Å². The highest BCUT2D eigenvalue weighted by Crippen LogP contribution is 2.46. The zero-order chi connectivity index (χ0) is 26.6. The predicted octanol–water partition coefficient (Wildman–Crippen LogP) is 6.67. The predicted molar refractivity (Wildman–Crippen MR) is 149 cm³/mol. The number of carbonyl (C=O) groups excluding carboxylic acids is 2. The molecule has 1 atom stereocenters. The summed E-state index contributed by atoms with van der Waals surface area (Å²) in [4.78, 5) is 28.2. The average molecular weight is 622 g/mol. The summed E-state index contributed by atoms with van der Waals surface area (Å²) in [7, 11) is 2.85. The van der Waals surface area contributed by atoms with Crippen molar-refractivity contribution in [2.24, 2.45) is 0 Å². The van der Waals surface area contributed by atoms with E-state index in [1.807, 2.05) is 24.3 Å². The highest BCUT2D eigenvalue weighted by molar-refractivity contribution is 9.15. The maximum absolute atomic E-state index is 13.8. The van der Waals surface area contributed by atoms with Crippen LogP contribution in [0.1, 0.15) is 33.5 Å². The Hall–Kier alpha value is -3.67. The summed E-state index contributed by atoms with van der Waals surface area (Å²) in [5.41, 5.74) is 1.14. The summed E-state index contributed by atoms with van der Waals surface area (Å²) in [6.45, 7) is 0. The third kappa shape index (κ3) is 5.24. The molecule has 0 fully saturated rings. The molecule has 0 radical (unpaired) electrons. The van der Waals surface area contributed by atoms with Gasteiger partial charge in [-0.1, -0.05) is 52.3 Å². The second-order valence-corrected chi connectivity index (χ2v) is 10.1. The van der Waals surface area contributed by atoms with E-state index in [0.29, 0.717) is 26.9 Å². The summed E-state index contributed by atoms with van der Waals surface area (Å²) in [6.07, 6.45) is 3.16. The van der Waals surface area contributed by atoms with Gasteiger partial charge in [-0.2, -0.15) is 5.26 Å². The van der Waals surface area contributed by atoms with E-state index in [0.717, 1.165) is 10.0 Å². The SMILES string of the molecule is COC(=O)/C(=C/c1cccc(OC)c1)CC1(C#N)c2ccccc2C(Br)=CN1C(=O)c1ccc(Br)cc1. The van der Waals surface area contributed by atoms with Gasteiger partial charge in [-0.25, -0.2) is 4.79 Å². The summed E-state index contributed by atoms with van der Waals surface area (Å²) in [6, 6.07) is 23.8. The lowest BCUT2D eigenvalue weighted by Crippen LogP contribution is -2.48. The van der Waals surface area contributed by atoms with E-state index < -0.39 is 11.5 Å². The Morgan fingerprint density at radius 1 is 1.03 bits per heavy atom. The second kappa shape index (κ2) is 11.2. The largest absolute Gasteiger partial charge is 0.497 e. The second-order valence-electron chi connectivity index (χ2n) is 8.29. The van der Waals surface area contributed by atoms with Crippen molar-refractivity contribution < 1.29 is 19.1 Å². The topological polar surface area (TPSA) is 79.6 Å². The number of nitrogens with zero attached hydrogens (tertiary/aromatic N) is 2. The number of carbonyl (C=O) groups is 2. The van der Waals surface area contributed by atoms with Gasteiger partial charge in [-0.15, -0.1) is 0 Å². The Morgan fingerprint density at radius 2 is 1.76 bits per heavy atom. The number of nitriles is 1. The lowest BCUT2D eigenvalue weighted by Gasteiger charge is -2.41. The fourth-order valence-electron chi connectivity index (χ4n) is 4.29. The molecule has 6 nitrogen and oxygen atoms in total. The van der Waals surface area contributed by atoms with Crippen LogP contribution in [0.2, 0.25) is 0 Å². The average Bonchev–Trinajstić information content (AvgIpc) is 2.93. The zero-order valence-electron chi connectivity index (χ0n) is 20.1. The molecule has 0 aliphatic carbocycles. The van der Waals surface area contributed by atoms with Crippen molar-refractivity contribution in [3.8, 4) is 11.8 Å². The molecular formula is C29H22Br2N2O4. The number of amides is 1. The Labute approximate surface area is 232 Å². The van der Waals surface area contributed by atoms with Gasteiger partial charge in [0.1, 0.15) is 5.75 Å². The molecule has 0 N–H and O–H groups in total. The number of methoxy groups -OCH3 is 2. The molecule has 1 unspecified atom stereocenters. The first-order valence-electron chi connectivity index (χ1n) is 11.2. The standard InChI is InChI=1S/C29H22Br2N2O4/c1-36-23-7-5-6-19(15-23)14-21(28(35)37-2)16-29(18-32)25-9-4-3-8-24(25)26(31)17-33(29)27(34)20-10-12-22(30)13-11-20/h3-15,17H,16H2,1-2H3/b21-14+. The zero-order valence-corrected chi connectivity index (χ0v) is 23.2. The third-order valence-corrected chi connectivity index (χ3v) is 7.27. The van der Waals surface area contributed by atoms with Crippen molar-refractivity contribution in [2.75, 3.05) is 14.2 Å². The van der Waals surface area contributed by atoms with Gasteiger partial charge in [0.2, 0.25) is 0 Å². The van der Waals surface area contributed by atoms with Crippen LogP contribution in [0, 0.1) is 11.3 Å². The van der Waals surface area contributed by atoms with Crippen molar-refractivity contribution in [3.63, 3.8) is 0 Å². The number of rotatable bonds is 6. The Morgan fingerprint density at radius 3 is 2.43 bits per heavy atom. The van der Waals surface area contributed by atoms with E-state index in [4.69, 9.17) is 9.47 Å². The molecule has 8 heteroatoms. The Bertz CT molecular complexity index is 1460. The molecule has 1 amide bonds. The number of ether oxygens (including phenoxy) is 2. The van der Waals surface area contributed by atoms with E-state index in [9.17, 15) is 14.9 Å². The number of halogens is 2. The third-order valence-electron chi connectivity index (χ3n) is 6.11. The van der Waals surface area contributed by atoms with Crippen molar-refractivity contribution in [3.05, 3.63) is 111 Å². The number of esters is 1. The van der Waals surface area contributed by atoms with Gasteiger partial charge in [0, 0.05) is 38.3 Å². The van der Waals surface area contributed by atoms with E-state index in [-0.39, 0.29) is 17.9 Å². The van der Waals surface area contributed by atoms with E-state index >= 15 is 0 Å². The molecule has 0 spiro atoms. The van der Waals surface area contributed by atoms with Gasteiger partial charge >= 0.3 is 5.97 Å². The smallest absolute Gasteiger partial charge is 0.333 e. The molecule has 4 rings (SSSR count). The minimum Gasteiger partial charge on any atom is -0.497 e. The fraction of sp³-hybridized carbons (Fsp3) is 0.138. The van der Waals surface area contributed by atoms with Crippen molar-refractivity contribution in [2.45, 2.75) is 12.0 Å². The fourth-order valence-corrected chi connectivity index (χ4v) is 5.11. The molecule has 3 aromatic carbocycles. The number of fused-ring (bicyclic) bond motifs is 1. The van der Waals surface area contributed by atoms with E-state index in [2.05, 4.69) is 37.9 Å². The number of benzene rings is 3. The van der Waals surface area contributed by atoms with Crippen molar-refractivity contribution in [1.82, 2.24) is 4.90 Å². The molecule has 1 aliphatic rings. The monoisotopic (exact) mass is 620 g/mol. The molecule has 1 aliphatic heterocycles. The van der Waals surface area contributed by atoms with Gasteiger partial charge in [0.15, 0.2) is 5.54 Å². The van der Waals surface area contributed by atoms with Gasteiger partial charge in [0.05, 0.1) is 20.3 Å². The minimum absolute atomic E-state index is 0.108. The quantitative estimate of drug-likeness (QED) is 0.227. The summed E-state index contributed by atoms with van der Waals surface area (Å²) < 4.78 is 11.9. The minimum atomic E-state index is -1.53. The lowest BCUT2D eigenvalue weighted by molar-refractivity contribution is -0.136. The molecule has 37 heavy (non-hydrogen) atoms. The first kappa shape index (κ1) is 26.4. The van der Waals surface area contributed by atoms with Crippen LogP contribution in [-0.2, 0) is 15.1 Å². The van der Waals surface area contributed by atoms with E-state index in [1.165, 1.54) is 12.0 Å². The first-order chi connectivity index (χ1) is 17.8. The maximum Gasteiger partial charge on any atom is 0.333 e.